The first kappa shape index (κ1) is 11.0. The monoisotopic (exact) mass is 199 g/mol. The number of amides is 1. The van der Waals surface area contributed by atoms with Crippen LogP contribution in [-0.4, -0.2) is 23.0 Å². The minimum Gasteiger partial charge on any atom is -0.481 e. The van der Waals surface area contributed by atoms with Crippen molar-refractivity contribution in [2.45, 2.75) is 51.0 Å². The average molecular weight is 199 g/mol. The summed E-state index contributed by atoms with van der Waals surface area (Å²) in [5, 5.41) is 11.3. The van der Waals surface area contributed by atoms with Crippen molar-refractivity contribution in [1.82, 2.24) is 5.32 Å². The summed E-state index contributed by atoms with van der Waals surface area (Å²) in [4.78, 5) is 21.4. The zero-order valence-electron chi connectivity index (χ0n) is 8.29. The summed E-state index contributed by atoms with van der Waals surface area (Å²) < 4.78 is 0. The molecule has 1 saturated carbocycles. The van der Waals surface area contributed by atoms with Crippen LogP contribution >= 0.6 is 0 Å². The second-order valence-electron chi connectivity index (χ2n) is 3.80. The Labute approximate surface area is 83.7 Å². The molecule has 0 aromatic heterocycles. The maximum atomic E-state index is 11.2. The number of rotatable bonds is 6. The second kappa shape index (κ2) is 5.62. The minimum absolute atomic E-state index is 0.0695. The summed E-state index contributed by atoms with van der Waals surface area (Å²) >= 11 is 0. The van der Waals surface area contributed by atoms with Gasteiger partial charge in [0.2, 0.25) is 5.91 Å². The zero-order chi connectivity index (χ0) is 10.4. The molecule has 0 atom stereocenters. The number of hydrogen-bond donors (Lipinski definition) is 2. The molecule has 0 heterocycles. The van der Waals surface area contributed by atoms with Crippen LogP contribution in [0.25, 0.3) is 0 Å². The Morgan fingerprint density at radius 3 is 2.36 bits per heavy atom. The normalized spacial score (nSPS) is 16.0. The number of carboxylic acids is 1. The largest absolute Gasteiger partial charge is 0.481 e. The van der Waals surface area contributed by atoms with E-state index in [9.17, 15) is 9.59 Å². The third kappa shape index (κ3) is 4.25. The standard InChI is InChI=1S/C10H17NO3/c12-9(11-8-4-3-5-8)6-1-2-7-10(13)14/h8H,1-7H2,(H,11,12)(H,13,14). The molecule has 80 valence electrons. The van der Waals surface area contributed by atoms with E-state index in [1.54, 1.807) is 0 Å². The number of hydrogen-bond acceptors (Lipinski definition) is 2. The van der Waals surface area contributed by atoms with Crippen LogP contribution in [0.15, 0.2) is 0 Å². The van der Waals surface area contributed by atoms with Gasteiger partial charge in [0.05, 0.1) is 0 Å². The van der Waals surface area contributed by atoms with E-state index < -0.39 is 5.97 Å². The van der Waals surface area contributed by atoms with E-state index in [0.29, 0.717) is 25.3 Å². The van der Waals surface area contributed by atoms with Gasteiger partial charge in [0, 0.05) is 18.9 Å². The van der Waals surface area contributed by atoms with E-state index in [1.807, 2.05) is 0 Å². The molecule has 2 N–H and O–H groups in total. The number of carbonyl (C=O) groups is 2. The molecule has 1 aliphatic rings. The highest BCUT2D eigenvalue weighted by atomic mass is 16.4. The Bertz CT molecular complexity index is 211. The lowest BCUT2D eigenvalue weighted by Gasteiger charge is -2.26. The third-order valence-corrected chi connectivity index (χ3v) is 2.51. The molecule has 0 aliphatic heterocycles. The van der Waals surface area contributed by atoms with Gasteiger partial charge >= 0.3 is 5.97 Å². The van der Waals surface area contributed by atoms with E-state index in [-0.39, 0.29) is 12.3 Å². The smallest absolute Gasteiger partial charge is 0.303 e. The van der Waals surface area contributed by atoms with Gasteiger partial charge < -0.3 is 10.4 Å². The minimum atomic E-state index is -0.788. The van der Waals surface area contributed by atoms with Crippen LogP contribution in [0.2, 0.25) is 0 Å². The lowest BCUT2D eigenvalue weighted by Crippen LogP contribution is -2.39. The van der Waals surface area contributed by atoms with Crippen LogP contribution in [0.3, 0.4) is 0 Å². The molecule has 4 nitrogen and oxygen atoms in total. The number of unbranched alkanes of at least 4 members (excludes halogenated alkanes) is 1. The van der Waals surface area contributed by atoms with Gasteiger partial charge in [0.1, 0.15) is 0 Å². The predicted octanol–water partition coefficient (Wildman–Crippen LogP) is 1.30. The highest BCUT2D eigenvalue weighted by Crippen LogP contribution is 2.18. The molecular weight excluding hydrogens is 182 g/mol. The second-order valence-corrected chi connectivity index (χ2v) is 3.80. The van der Waals surface area contributed by atoms with Crippen LogP contribution in [0.4, 0.5) is 0 Å². The number of carboxylic acid groups (broad SMARTS) is 1. The summed E-state index contributed by atoms with van der Waals surface area (Å²) in [5.74, 6) is -0.718. The van der Waals surface area contributed by atoms with Crippen molar-refractivity contribution in [3.05, 3.63) is 0 Å². The van der Waals surface area contributed by atoms with Gasteiger partial charge in [0.25, 0.3) is 0 Å². The number of carbonyl (C=O) groups excluding carboxylic acids is 1. The summed E-state index contributed by atoms with van der Waals surface area (Å²) in [6.07, 6.45) is 5.30. The highest BCUT2D eigenvalue weighted by molar-refractivity contribution is 5.76. The van der Waals surface area contributed by atoms with Crippen molar-refractivity contribution in [1.29, 1.82) is 0 Å². The Morgan fingerprint density at radius 1 is 1.21 bits per heavy atom. The van der Waals surface area contributed by atoms with Gasteiger partial charge in [-0.2, -0.15) is 0 Å². The fourth-order valence-corrected chi connectivity index (χ4v) is 1.41. The van der Waals surface area contributed by atoms with E-state index in [0.717, 1.165) is 12.8 Å². The van der Waals surface area contributed by atoms with Gasteiger partial charge in [-0.1, -0.05) is 0 Å². The maximum Gasteiger partial charge on any atom is 0.303 e. The first-order valence-electron chi connectivity index (χ1n) is 5.19. The molecule has 0 saturated heterocycles. The lowest BCUT2D eigenvalue weighted by atomic mass is 9.93. The molecule has 0 bridgehead atoms. The molecule has 1 amide bonds. The van der Waals surface area contributed by atoms with Gasteiger partial charge in [0.15, 0.2) is 0 Å². The van der Waals surface area contributed by atoms with E-state index in [4.69, 9.17) is 5.11 Å². The first-order valence-corrected chi connectivity index (χ1v) is 5.19. The maximum absolute atomic E-state index is 11.2. The van der Waals surface area contributed by atoms with Crippen molar-refractivity contribution in [2.24, 2.45) is 0 Å². The van der Waals surface area contributed by atoms with E-state index in [2.05, 4.69) is 5.32 Å². The fourth-order valence-electron chi connectivity index (χ4n) is 1.41. The van der Waals surface area contributed by atoms with Crippen LogP contribution in [0, 0.1) is 0 Å². The molecule has 14 heavy (non-hydrogen) atoms. The van der Waals surface area contributed by atoms with Gasteiger partial charge in [-0.25, -0.2) is 0 Å². The number of aliphatic carboxylic acids is 1. The highest BCUT2D eigenvalue weighted by Gasteiger charge is 2.18. The van der Waals surface area contributed by atoms with Crippen LogP contribution in [0.5, 0.6) is 0 Å². The zero-order valence-corrected chi connectivity index (χ0v) is 8.29. The molecular formula is C10H17NO3. The first-order chi connectivity index (χ1) is 6.68. The van der Waals surface area contributed by atoms with Crippen LogP contribution in [-0.2, 0) is 9.59 Å². The predicted molar refractivity (Wildman–Crippen MR) is 51.9 cm³/mol. The summed E-state index contributed by atoms with van der Waals surface area (Å²) in [5.41, 5.74) is 0. The van der Waals surface area contributed by atoms with Crippen molar-refractivity contribution in [3.63, 3.8) is 0 Å². The van der Waals surface area contributed by atoms with Gasteiger partial charge in [-0.3, -0.25) is 9.59 Å². The molecule has 1 aliphatic carbocycles. The fraction of sp³-hybridized carbons (Fsp3) is 0.800. The Morgan fingerprint density at radius 2 is 1.86 bits per heavy atom. The van der Waals surface area contributed by atoms with Gasteiger partial charge in [-0.05, 0) is 32.1 Å². The Balaban J connectivity index is 1.94. The Hall–Kier alpha value is -1.06. The summed E-state index contributed by atoms with van der Waals surface area (Å²) in [6.45, 7) is 0. The van der Waals surface area contributed by atoms with Crippen molar-refractivity contribution < 1.29 is 14.7 Å². The molecule has 1 rings (SSSR count). The van der Waals surface area contributed by atoms with E-state index >= 15 is 0 Å². The third-order valence-electron chi connectivity index (χ3n) is 2.51. The van der Waals surface area contributed by atoms with Gasteiger partial charge in [-0.15, -0.1) is 0 Å². The van der Waals surface area contributed by atoms with Crippen LogP contribution < -0.4 is 5.32 Å². The Kier molecular flexibility index (Phi) is 4.43. The quantitative estimate of drug-likeness (QED) is 0.634. The van der Waals surface area contributed by atoms with Crippen LogP contribution in [0.1, 0.15) is 44.9 Å². The molecule has 4 heteroatoms. The molecule has 0 spiro atoms. The molecule has 0 unspecified atom stereocenters. The number of nitrogens with one attached hydrogen (secondary N) is 1. The van der Waals surface area contributed by atoms with E-state index in [1.165, 1.54) is 6.42 Å². The van der Waals surface area contributed by atoms with Crippen molar-refractivity contribution in [3.8, 4) is 0 Å². The molecule has 0 aromatic carbocycles. The SMILES string of the molecule is O=C(O)CCCCC(=O)NC1CCC1. The topological polar surface area (TPSA) is 66.4 Å². The average Bonchev–Trinajstić information content (AvgIpc) is 2.05. The lowest BCUT2D eigenvalue weighted by molar-refractivity contribution is -0.137. The molecule has 0 aromatic rings. The van der Waals surface area contributed by atoms with Crippen molar-refractivity contribution >= 4 is 11.9 Å². The summed E-state index contributed by atoms with van der Waals surface area (Å²) in [6, 6.07) is 0.391. The van der Waals surface area contributed by atoms with Crippen molar-refractivity contribution in [2.75, 3.05) is 0 Å². The molecule has 0 radical (unpaired) electrons. The molecule has 1 fully saturated rings. The summed E-state index contributed by atoms with van der Waals surface area (Å²) in [7, 11) is 0.